The lowest BCUT2D eigenvalue weighted by atomic mass is 10.1. The molecule has 0 bridgehead atoms. The number of carbonyl (C=O) groups is 1. The van der Waals surface area contributed by atoms with Gasteiger partial charge in [-0.1, -0.05) is 12.1 Å². The molecule has 0 unspecified atom stereocenters. The fourth-order valence-corrected chi connectivity index (χ4v) is 4.27. The van der Waals surface area contributed by atoms with Crippen LogP contribution in [0.25, 0.3) is 5.69 Å². The van der Waals surface area contributed by atoms with Gasteiger partial charge in [-0.05, 0) is 56.9 Å². The monoisotopic (exact) mass is 381 g/mol. The maximum Gasteiger partial charge on any atom is 0.320 e. The molecule has 2 aliphatic rings. The number of nitrogens with zero attached hydrogens (tertiary/aromatic N) is 5. The van der Waals surface area contributed by atoms with E-state index in [2.05, 4.69) is 47.3 Å². The fraction of sp³-hybridized carbons (Fsp3) is 0.545. The summed E-state index contributed by atoms with van der Waals surface area (Å²) in [4.78, 5) is 19.2. The molecule has 2 fully saturated rings. The second kappa shape index (κ2) is 8.35. The molecule has 2 amide bonds. The molecule has 2 saturated heterocycles. The number of urea groups is 1. The van der Waals surface area contributed by atoms with E-state index in [1.54, 1.807) is 0 Å². The van der Waals surface area contributed by atoms with Gasteiger partial charge in [0.1, 0.15) is 0 Å². The van der Waals surface area contributed by atoms with E-state index in [9.17, 15) is 4.79 Å². The number of hydrogen-bond donors (Lipinski definition) is 0. The Kier molecular flexibility index (Phi) is 5.67. The molecule has 28 heavy (non-hydrogen) atoms. The van der Waals surface area contributed by atoms with Crippen LogP contribution in [0.4, 0.5) is 4.79 Å². The van der Waals surface area contributed by atoms with E-state index in [4.69, 9.17) is 0 Å². The van der Waals surface area contributed by atoms with Crippen LogP contribution in [0.2, 0.25) is 0 Å². The minimum Gasteiger partial charge on any atom is -0.325 e. The molecule has 0 N–H and O–H groups in total. The summed E-state index contributed by atoms with van der Waals surface area (Å²) in [5.41, 5.74) is 4.60. The molecule has 150 valence electrons. The summed E-state index contributed by atoms with van der Waals surface area (Å²) in [5, 5.41) is 4.55. The summed E-state index contributed by atoms with van der Waals surface area (Å²) < 4.78 is 1.99. The summed E-state index contributed by atoms with van der Waals surface area (Å²) in [5.74, 6) is 0. The molecule has 1 aromatic heterocycles. The number of aromatic nitrogens is 2. The Bertz CT molecular complexity index is 799. The van der Waals surface area contributed by atoms with Crippen LogP contribution < -0.4 is 0 Å². The van der Waals surface area contributed by atoms with Crippen molar-refractivity contribution < 1.29 is 4.79 Å². The molecular formula is C22H31N5O. The summed E-state index contributed by atoms with van der Waals surface area (Å²) in [6.45, 7) is 10.5. The van der Waals surface area contributed by atoms with E-state index in [0.717, 1.165) is 75.7 Å². The molecule has 0 radical (unpaired) electrons. The molecule has 4 rings (SSSR count). The molecule has 6 nitrogen and oxygen atoms in total. The summed E-state index contributed by atoms with van der Waals surface area (Å²) >= 11 is 0. The summed E-state index contributed by atoms with van der Waals surface area (Å²) in [7, 11) is 0. The maximum atomic E-state index is 12.6. The predicted molar refractivity (Wildman–Crippen MR) is 111 cm³/mol. The highest BCUT2D eigenvalue weighted by molar-refractivity contribution is 5.74. The molecular weight excluding hydrogens is 350 g/mol. The Morgan fingerprint density at radius 1 is 0.893 bits per heavy atom. The number of piperidine rings is 1. The van der Waals surface area contributed by atoms with Crippen molar-refractivity contribution in [1.82, 2.24) is 24.5 Å². The van der Waals surface area contributed by atoms with E-state index in [-0.39, 0.29) is 6.03 Å². The zero-order valence-electron chi connectivity index (χ0n) is 17.1. The van der Waals surface area contributed by atoms with E-state index in [0.29, 0.717) is 0 Å². The van der Waals surface area contributed by atoms with E-state index in [1.165, 1.54) is 12.0 Å². The summed E-state index contributed by atoms with van der Waals surface area (Å²) in [6.07, 6.45) is 3.56. The maximum absolute atomic E-state index is 12.6. The zero-order valence-corrected chi connectivity index (χ0v) is 17.1. The van der Waals surface area contributed by atoms with Crippen LogP contribution in [0.5, 0.6) is 0 Å². The first-order chi connectivity index (χ1) is 13.6. The van der Waals surface area contributed by atoms with Crippen molar-refractivity contribution in [1.29, 1.82) is 0 Å². The van der Waals surface area contributed by atoms with Gasteiger partial charge in [-0.2, -0.15) is 5.10 Å². The van der Waals surface area contributed by atoms with E-state index >= 15 is 0 Å². The number of likely N-dealkylation sites (tertiary alicyclic amines) is 1. The molecule has 6 heteroatoms. The van der Waals surface area contributed by atoms with Gasteiger partial charge in [0.05, 0.1) is 11.4 Å². The van der Waals surface area contributed by atoms with Crippen molar-refractivity contribution in [2.75, 3.05) is 39.3 Å². The number of amides is 2. The highest BCUT2D eigenvalue weighted by Gasteiger charge is 2.26. The van der Waals surface area contributed by atoms with Crippen molar-refractivity contribution in [2.24, 2.45) is 0 Å². The largest absolute Gasteiger partial charge is 0.325 e. The Morgan fingerprint density at radius 2 is 1.54 bits per heavy atom. The Balaban J connectivity index is 1.30. The molecule has 0 saturated carbocycles. The first-order valence-electron chi connectivity index (χ1n) is 10.5. The lowest BCUT2D eigenvalue weighted by Gasteiger charge is -2.38. The van der Waals surface area contributed by atoms with Gasteiger partial charge in [-0.25, -0.2) is 9.48 Å². The Hall–Kier alpha value is -2.34. The van der Waals surface area contributed by atoms with Gasteiger partial charge in [0.25, 0.3) is 0 Å². The van der Waals surface area contributed by atoms with Crippen molar-refractivity contribution in [3.63, 3.8) is 0 Å². The second-order valence-electron chi connectivity index (χ2n) is 8.10. The first-order valence-corrected chi connectivity index (χ1v) is 10.5. The van der Waals surface area contributed by atoms with Gasteiger partial charge in [0.15, 0.2) is 0 Å². The van der Waals surface area contributed by atoms with Crippen molar-refractivity contribution >= 4 is 6.03 Å². The van der Waals surface area contributed by atoms with E-state index in [1.807, 2.05) is 21.4 Å². The minimum atomic E-state index is 0.244. The van der Waals surface area contributed by atoms with Crippen LogP contribution in [-0.4, -0.2) is 69.8 Å². The van der Waals surface area contributed by atoms with Crippen LogP contribution in [0.15, 0.2) is 30.3 Å². The lowest BCUT2D eigenvalue weighted by molar-refractivity contribution is 0.105. The van der Waals surface area contributed by atoms with Gasteiger partial charge in [0.2, 0.25) is 0 Å². The van der Waals surface area contributed by atoms with Crippen molar-refractivity contribution in [3.8, 4) is 5.69 Å². The topological polar surface area (TPSA) is 44.6 Å². The first kappa shape index (κ1) is 19.0. The zero-order chi connectivity index (χ0) is 19.5. The summed E-state index contributed by atoms with van der Waals surface area (Å²) in [6, 6.07) is 11.0. The number of aryl methyl sites for hydroxylation is 2. The minimum absolute atomic E-state index is 0.244. The Labute approximate surface area is 167 Å². The quantitative estimate of drug-likeness (QED) is 0.820. The highest BCUT2D eigenvalue weighted by atomic mass is 16.2. The molecule has 2 aliphatic heterocycles. The molecule has 2 aromatic rings. The molecule has 3 heterocycles. The third-order valence-electron chi connectivity index (χ3n) is 5.87. The molecule has 0 spiro atoms. The van der Waals surface area contributed by atoms with Crippen LogP contribution >= 0.6 is 0 Å². The van der Waals surface area contributed by atoms with Crippen LogP contribution in [-0.2, 0) is 6.54 Å². The van der Waals surface area contributed by atoms with Crippen LogP contribution in [0.1, 0.15) is 36.2 Å². The molecule has 1 aromatic carbocycles. The third-order valence-corrected chi connectivity index (χ3v) is 5.87. The fourth-order valence-electron chi connectivity index (χ4n) is 4.27. The van der Waals surface area contributed by atoms with Gasteiger partial charge < -0.3 is 9.80 Å². The van der Waals surface area contributed by atoms with Crippen molar-refractivity contribution in [2.45, 2.75) is 39.7 Å². The second-order valence-corrected chi connectivity index (χ2v) is 8.10. The van der Waals surface area contributed by atoms with Gasteiger partial charge >= 0.3 is 6.03 Å². The lowest BCUT2D eigenvalue weighted by Crippen LogP contribution is -2.53. The number of benzene rings is 1. The highest BCUT2D eigenvalue weighted by Crippen LogP contribution is 2.16. The average Bonchev–Trinajstić information content (AvgIpc) is 3.07. The van der Waals surface area contributed by atoms with E-state index < -0.39 is 0 Å². The van der Waals surface area contributed by atoms with Crippen molar-refractivity contribution in [3.05, 3.63) is 47.3 Å². The van der Waals surface area contributed by atoms with Gasteiger partial charge in [0, 0.05) is 51.5 Å². The normalized spacial score (nSPS) is 18.5. The number of hydrogen-bond acceptors (Lipinski definition) is 3. The molecule has 0 aliphatic carbocycles. The smallest absolute Gasteiger partial charge is 0.320 e. The van der Waals surface area contributed by atoms with Crippen LogP contribution in [0, 0.1) is 13.8 Å². The Morgan fingerprint density at radius 3 is 2.14 bits per heavy atom. The number of rotatable bonds is 3. The predicted octanol–water partition coefficient (Wildman–Crippen LogP) is 3.21. The van der Waals surface area contributed by atoms with Gasteiger partial charge in [-0.3, -0.25) is 4.90 Å². The molecule has 0 atom stereocenters. The SMILES string of the molecule is Cc1cc(C)n(-c2ccc(CN3CCN(C(=O)N4CCCCC4)CC3)cc2)n1. The number of carbonyl (C=O) groups excluding carboxylic acids is 1. The number of piperazine rings is 1. The van der Waals surface area contributed by atoms with Gasteiger partial charge in [-0.15, -0.1) is 0 Å². The average molecular weight is 382 g/mol. The van der Waals surface area contributed by atoms with Crippen LogP contribution in [0.3, 0.4) is 0 Å². The third kappa shape index (κ3) is 4.22. The standard InChI is InChI=1S/C22H31N5O/c1-18-16-19(2)27(23-18)21-8-6-20(7-9-21)17-24-12-14-26(15-13-24)22(28)25-10-4-3-5-11-25/h6-9,16H,3-5,10-15,17H2,1-2H3.